The van der Waals surface area contributed by atoms with Gasteiger partial charge in [0.15, 0.2) is 0 Å². The fourth-order valence-electron chi connectivity index (χ4n) is 3.05. The van der Waals surface area contributed by atoms with Crippen LogP contribution in [0.25, 0.3) is 0 Å². The molecule has 0 bridgehead atoms. The molecule has 0 amide bonds. The number of hydrogen-bond donors (Lipinski definition) is 2. The van der Waals surface area contributed by atoms with Gasteiger partial charge in [0.2, 0.25) is 0 Å². The Morgan fingerprint density at radius 1 is 1.32 bits per heavy atom. The number of nitrogens with one attached hydrogen (secondary N) is 1. The zero-order chi connectivity index (χ0) is 17.7. The van der Waals surface area contributed by atoms with Crippen LogP contribution in [0.4, 0.5) is 0 Å². The number of ether oxygens (including phenoxy) is 2. The molecular weight excluding hydrogens is 338 g/mol. The van der Waals surface area contributed by atoms with E-state index in [1.54, 1.807) is 6.08 Å². The van der Waals surface area contributed by atoms with Gasteiger partial charge in [0, 0.05) is 18.5 Å². The van der Waals surface area contributed by atoms with Gasteiger partial charge in [-0.2, -0.15) is 0 Å². The third kappa shape index (κ3) is 3.82. The van der Waals surface area contributed by atoms with Crippen LogP contribution in [0.5, 0.6) is 11.5 Å². The van der Waals surface area contributed by atoms with Crippen molar-refractivity contribution >= 4 is 11.6 Å². The second-order valence-electron chi connectivity index (χ2n) is 6.05. The molecule has 2 N–H and O–H groups in total. The van der Waals surface area contributed by atoms with Gasteiger partial charge < -0.3 is 19.9 Å². The zero-order valence-corrected chi connectivity index (χ0v) is 14.8. The summed E-state index contributed by atoms with van der Waals surface area (Å²) in [6.45, 7) is 5.20. The van der Waals surface area contributed by atoms with Crippen molar-refractivity contribution in [2.75, 3.05) is 19.8 Å². The van der Waals surface area contributed by atoms with E-state index in [2.05, 4.69) is 11.9 Å². The number of hydrogen-bond acceptors (Lipinski definition) is 4. The molecular formula is C20H22ClNO3. The average Bonchev–Trinajstić information content (AvgIpc) is 2.65. The third-order valence-corrected chi connectivity index (χ3v) is 4.74. The van der Waals surface area contributed by atoms with Crippen molar-refractivity contribution < 1.29 is 14.6 Å². The Morgan fingerprint density at radius 2 is 2.16 bits per heavy atom. The van der Waals surface area contributed by atoms with Crippen molar-refractivity contribution in [1.29, 1.82) is 0 Å². The topological polar surface area (TPSA) is 50.7 Å². The molecule has 2 aromatic rings. The normalized spacial score (nSPS) is 19.0. The lowest BCUT2D eigenvalue weighted by Crippen LogP contribution is -2.48. The van der Waals surface area contributed by atoms with E-state index >= 15 is 0 Å². The summed E-state index contributed by atoms with van der Waals surface area (Å²) >= 11 is 6.28. The Hall–Kier alpha value is -2.01. The van der Waals surface area contributed by atoms with Crippen molar-refractivity contribution in [2.24, 2.45) is 0 Å². The van der Waals surface area contributed by atoms with E-state index in [4.69, 9.17) is 21.1 Å². The molecule has 0 aliphatic carbocycles. The summed E-state index contributed by atoms with van der Waals surface area (Å²) in [4.78, 5) is 0. The smallest absolute Gasteiger partial charge is 0.138 e. The number of fused-ring (bicyclic) bond motifs is 1. The highest BCUT2D eigenvalue weighted by molar-refractivity contribution is 6.32. The predicted molar refractivity (Wildman–Crippen MR) is 99.3 cm³/mol. The first-order valence-corrected chi connectivity index (χ1v) is 8.66. The minimum atomic E-state index is -0.515. The number of para-hydroxylation sites is 1. The van der Waals surface area contributed by atoms with Crippen LogP contribution in [0.3, 0.4) is 0 Å². The Labute approximate surface area is 153 Å². The maximum Gasteiger partial charge on any atom is 0.138 e. The molecule has 132 valence electrons. The Morgan fingerprint density at radius 3 is 2.92 bits per heavy atom. The molecule has 0 radical (unpaired) electrons. The zero-order valence-electron chi connectivity index (χ0n) is 14.0. The number of aliphatic hydroxyl groups excluding tert-OH is 1. The Kier molecular flexibility index (Phi) is 5.63. The maximum absolute atomic E-state index is 10.1. The first-order chi connectivity index (χ1) is 12.2. The molecule has 1 atom stereocenters. The number of halogens is 1. The monoisotopic (exact) mass is 359 g/mol. The van der Waals surface area contributed by atoms with Crippen LogP contribution in [0.15, 0.2) is 55.1 Å². The lowest BCUT2D eigenvalue weighted by atomic mass is 9.85. The number of aliphatic hydroxyl groups is 1. The molecule has 0 saturated carbocycles. The van der Waals surface area contributed by atoms with E-state index in [1.165, 1.54) is 0 Å². The molecule has 0 fully saturated rings. The SMILES string of the molecule is C=CCOc1ccc(CN[C@]2(CO)CCOc3ccccc32)cc1Cl. The van der Waals surface area contributed by atoms with Crippen LogP contribution in [0.2, 0.25) is 5.02 Å². The summed E-state index contributed by atoms with van der Waals surface area (Å²) in [5.74, 6) is 1.46. The summed E-state index contributed by atoms with van der Waals surface area (Å²) in [7, 11) is 0. The highest BCUT2D eigenvalue weighted by Gasteiger charge is 2.36. The van der Waals surface area contributed by atoms with Crippen molar-refractivity contribution in [3.05, 3.63) is 71.3 Å². The van der Waals surface area contributed by atoms with Gasteiger partial charge in [-0.25, -0.2) is 0 Å². The Balaban J connectivity index is 1.76. The second-order valence-corrected chi connectivity index (χ2v) is 6.46. The molecule has 0 unspecified atom stereocenters. The highest BCUT2D eigenvalue weighted by atomic mass is 35.5. The predicted octanol–water partition coefficient (Wildman–Crippen LogP) is 3.66. The van der Waals surface area contributed by atoms with Gasteiger partial charge in [-0.15, -0.1) is 0 Å². The van der Waals surface area contributed by atoms with Crippen LogP contribution in [-0.2, 0) is 12.1 Å². The molecule has 2 aromatic carbocycles. The largest absolute Gasteiger partial charge is 0.493 e. The first-order valence-electron chi connectivity index (χ1n) is 8.29. The quantitative estimate of drug-likeness (QED) is 0.741. The molecule has 3 rings (SSSR count). The van der Waals surface area contributed by atoms with Gasteiger partial charge in [0.05, 0.1) is 23.8 Å². The minimum Gasteiger partial charge on any atom is -0.493 e. The van der Waals surface area contributed by atoms with Crippen molar-refractivity contribution in [2.45, 2.75) is 18.5 Å². The van der Waals surface area contributed by atoms with Gasteiger partial charge in [0.25, 0.3) is 0 Å². The van der Waals surface area contributed by atoms with Crippen LogP contribution in [-0.4, -0.2) is 24.9 Å². The molecule has 1 heterocycles. The summed E-state index contributed by atoms with van der Waals surface area (Å²) in [5.41, 5.74) is 1.49. The summed E-state index contributed by atoms with van der Waals surface area (Å²) < 4.78 is 11.2. The second kappa shape index (κ2) is 7.91. The summed E-state index contributed by atoms with van der Waals surface area (Å²) in [6.07, 6.45) is 2.38. The first kappa shape index (κ1) is 17.8. The highest BCUT2D eigenvalue weighted by Crippen LogP contribution is 2.37. The van der Waals surface area contributed by atoms with Crippen LogP contribution in [0.1, 0.15) is 17.5 Å². The van der Waals surface area contributed by atoms with Crippen molar-refractivity contribution in [1.82, 2.24) is 5.32 Å². The number of rotatable bonds is 7. The minimum absolute atomic E-state index is 0.00162. The van der Waals surface area contributed by atoms with Gasteiger partial charge in [-0.3, -0.25) is 0 Å². The Bertz CT molecular complexity index is 749. The van der Waals surface area contributed by atoms with Crippen molar-refractivity contribution in [3.63, 3.8) is 0 Å². The van der Waals surface area contributed by atoms with E-state index in [0.717, 1.165) is 16.9 Å². The summed E-state index contributed by atoms with van der Waals surface area (Å²) in [6, 6.07) is 13.5. The fourth-order valence-corrected chi connectivity index (χ4v) is 3.31. The molecule has 0 aromatic heterocycles. The standard InChI is InChI=1S/C20H22ClNO3/c1-2-10-24-19-8-7-15(12-17(19)21)13-22-20(14-23)9-11-25-18-6-4-3-5-16(18)20/h2-8,12,22-23H,1,9-11,13-14H2/t20-/m0/s1. The van der Waals surface area contributed by atoms with Crippen LogP contribution in [0, 0.1) is 0 Å². The number of benzene rings is 2. The van der Waals surface area contributed by atoms with Gasteiger partial charge in [-0.05, 0) is 23.8 Å². The van der Waals surface area contributed by atoms with E-state index in [9.17, 15) is 5.11 Å². The van der Waals surface area contributed by atoms with Gasteiger partial charge in [0.1, 0.15) is 18.1 Å². The average molecular weight is 360 g/mol. The van der Waals surface area contributed by atoms with E-state index in [0.29, 0.717) is 37.0 Å². The molecule has 4 nitrogen and oxygen atoms in total. The van der Waals surface area contributed by atoms with E-state index < -0.39 is 5.54 Å². The van der Waals surface area contributed by atoms with E-state index in [1.807, 2.05) is 42.5 Å². The molecule has 1 aliphatic rings. The van der Waals surface area contributed by atoms with Crippen LogP contribution >= 0.6 is 11.6 Å². The van der Waals surface area contributed by atoms with Gasteiger partial charge in [-0.1, -0.05) is 48.5 Å². The van der Waals surface area contributed by atoms with Gasteiger partial charge >= 0.3 is 0 Å². The molecule has 0 spiro atoms. The lowest BCUT2D eigenvalue weighted by Gasteiger charge is -2.38. The molecule has 5 heteroatoms. The van der Waals surface area contributed by atoms with Crippen LogP contribution < -0.4 is 14.8 Å². The lowest BCUT2D eigenvalue weighted by molar-refractivity contribution is 0.106. The molecule has 1 aliphatic heterocycles. The third-order valence-electron chi connectivity index (χ3n) is 4.44. The van der Waals surface area contributed by atoms with E-state index in [-0.39, 0.29) is 6.61 Å². The maximum atomic E-state index is 10.1. The molecule has 25 heavy (non-hydrogen) atoms. The summed E-state index contributed by atoms with van der Waals surface area (Å²) in [5, 5.41) is 14.2. The fraction of sp³-hybridized carbons (Fsp3) is 0.300. The molecule has 0 saturated heterocycles. The van der Waals surface area contributed by atoms with Crippen molar-refractivity contribution in [3.8, 4) is 11.5 Å².